The Kier molecular flexibility index (Phi) is 7.11. The monoisotopic (exact) mass is 368 g/mol. The van der Waals surface area contributed by atoms with Crippen LogP contribution in [0.1, 0.15) is 34.0 Å². The Labute approximate surface area is 158 Å². The minimum Gasteiger partial charge on any atom is -0.452 e. The van der Waals surface area contributed by atoms with Crippen LogP contribution in [0.25, 0.3) is 0 Å². The van der Waals surface area contributed by atoms with Crippen LogP contribution in [0.15, 0.2) is 42.5 Å². The van der Waals surface area contributed by atoms with Gasteiger partial charge in [-0.3, -0.25) is 9.59 Å². The molecule has 2 N–H and O–H groups in total. The van der Waals surface area contributed by atoms with E-state index in [4.69, 9.17) is 4.74 Å². The topological polar surface area (TPSA) is 84.5 Å². The number of ether oxygens (including phenoxy) is 1. The molecule has 0 radical (unpaired) electrons. The molecule has 0 aromatic heterocycles. The van der Waals surface area contributed by atoms with Crippen LogP contribution in [0.3, 0.4) is 0 Å². The second-order valence-corrected chi connectivity index (χ2v) is 6.29. The molecule has 2 aromatic rings. The van der Waals surface area contributed by atoms with Crippen molar-refractivity contribution in [1.82, 2.24) is 5.32 Å². The van der Waals surface area contributed by atoms with Crippen LogP contribution in [0, 0.1) is 13.8 Å². The summed E-state index contributed by atoms with van der Waals surface area (Å²) in [6.07, 6.45) is 0.789. The third-order valence-electron chi connectivity index (χ3n) is 3.91. The summed E-state index contributed by atoms with van der Waals surface area (Å²) in [5, 5.41) is 5.20. The van der Waals surface area contributed by atoms with Gasteiger partial charge in [-0.1, -0.05) is 42.3 Å². The number of carbonyl (C=O) groups excluding carboxylic acids is 3. The quantitative estimate of drug-likeness (QED) is 0.736. The molecule has 0 unspecified atom stereocenters. The summed E-state index contributed by atoms with van der Waals surface area (Å²) in [5.41, 5.74) is 4.01. The molecule has 0 aliphatic rings. The molecule has 27 heavy (non-hydrogen) atoms. The summed E-state index contributed by atoms with van der Waals surface area (Å²) >= 11 is 0. The van der Waals surface area contributed by atoms with Gasteiger partial charge in [0, 0.05) is 5.69 Å². The maximum Gasteiger partial charge on any atom is 0.338 e. The average Bonchev–Trinajstić information content (AvgIpc) is 2.64. The lowest BCUT2D eigenvalue weighted by Crippen LogP contribution is -2.35. The van der Waals surface area contributed by atoms with Crippen LogP contribution in [-0.2, 0) is 20.7 Å². The molecule has 6 heteroatoms. The van der Waals surface area contributed by atoms with Crippen LogP contribution in [-0.4, -0.2) is 30.9 Å². The van der Waals surface area contributed by atoms with Gasteiger partial charge in [-0.05, 0) is 44.0 Å². The molecular formula is C21H24N2O4. The SMILES string of the molecule is CCc1ccccc1NC(=O)CNC(=O)COC(=O)c1cc(C)cc(C)c1. The Morgan fingerprint density at radius 3 is 2.30 bits per heavy atom. The maximum absolute atomic E-state index is 12.0. The molecule has 2 rings (SSSR count). The van der Waals surface area contributed by atoms with Crippen LogP contribution in [0.4, 0.5) is 5.69 Å². The predicted molar refractivity (Wildman–Crippen MR) is 104 cm³/mol. The van der Waals surface area contributed by atoms with Crippen molar-refractivity contribution < 1.29 is 19.1 Å². The lowest BCUT2D eigenvalue weighted by molar-refractivity contribution is -0.126. The second-order valence-electron chi connectivity index (χ2n) is 6.29. The average molecular weight is 368 g/mol. The number of amides is 2. The van der Waals surface area contributed by atoms with Gasteiger partial charge in [-0.15, -0.1) is 0 Å². The predicted octanol–water partition coefficient (Wildman–Crippen LogP) is 2.78. The molecule has 6 nitrogen and oxygen atoms in total. The third kappa shape index (κ3) is 6.26. The van der Waals surface area contributed by atoms with Gasteiger partial charge in [0.2, 0.25) is 5.91 Å². The van der Waals surface area contributed by atoms with E-state index in [-0.39, 0.29) is 12.5 Å². The van der Waals surface area contributed by atoms with E-state index in [0.717, 1.165) is 28.8 Å². The van der Waals surface area contributed by atoms with E-state index in [0.29, 0.717) is 5.56 Å². The van der Waals surface area contributed by atoms with Gasteiger partial charge in [-0.2, -0.15) is 0 Å². The molecule has 0 heterocycles. The smallest absolute Gasteiger partial charge is 0.338 e. The fraction of sp³-hybridized carbons (Fsp3) is 0.286. The Morgan fingerprint density at radius 1 is 0.963 bits per heavy atom. The standard InChI is InChI=1S/C21H24N2O4/c1-4-16-7-5-6-8-18(16)23-19(24)12-22-20(25)13-27-21(26)17-10-14(2)9-15(3)11-17/h5-11H,4,12-13H2,1-3H3,(H,22,25)(H,23,24). The van der Waals surface area contributed by atoms with Gasteiger partial charge in [0.05, 0.1) is 12.1 Å². The largest absolute Gasteiger partial charge is 0.452 e. The van der Waals surface area contributed by atoms with Crippen LogP contribution >= 0.6 is 0 Å². The molecule has 0 atom stereocenters. The Bertz CT molecular complexity index is 826. The van der Waals surface area contributed by atoms with Gasteiger partial charge in [0.25, 0.3) is 5.91 Å². The zero-order chi connectivity index (χ0) is 19.8. The number of hydrogen-bond donors (Lipinski definition) is 2. The first kappa shape index (κ1) is 20.2. The Hall–Kier alpha value is -3.15. The highest BCUT2D eigenvalue weighted by atomic mass is 16.5. The Morgan fingerprint density at radius 2 is 1.63 bits per heavy atom. The number of aryl methyl sites for hydroxylation is 3. The highest BCUT2D eigenvalue weighted by molar-refractivity contribution is 5.96. The first-order chi connectivity index (χ1) is 12.9. The molecule has 0 bridgehead atoms. The number of nitrogens with one attached hydrogen (secondary N) is 2. The van der Waals surface area contributed by atoms with Gasteiger partial charge < -0.3 is 15.4 Å². The summed E-state index contributed by atoms with van der Waals surface area (Å²) in [4.78, 5) is 35.8. The van der Waals surface area contributed by atoms with E-state index in [1.165, 1.54) is 0 Å². The molecule has 0 spiro atoms. The molecular weight excluding hydrogens is 344 g/mol. The number of rotatable bonds is 7. The van der Waals surface area contributed by atoms with Gasteiger partial charge in [0.15, 0.2) is 6.61 Å². The lowest BCUT2D eigenvalue weighted by Gasteiger charge is -2.10. The molecule has 0 aliphatic carbocycles. The number of hydrogen-bond acceptors (Lipinski definition) is 4. The van der Waals surface area contributed by atoms with Crippen molar-refractivity contribution in [3.8, 4) is 0 Å². The van der Waals surface area contributed by atoms with Gasteiger partial charge >= 0.3 is 5.97 Å². The summed E-state index contributed by atoms with van der Waals surface area (Å²) in [5.74, 6) is -1.45. The van der Waals surface area contributed by atoms with E-state index in [1.807, 2.05) is 51.1 Å². The molecule has 2 aromatic carbocycles. The summed E-state index contributed by atoms with van der Waals surface area (Å²) < 4.78 is 5.00. The number of esters is 1. The van der Waals surface area contributed by atoms with E-state index >= 15 is 0 Å². The molecule has 0 aliphatic heterocycles. The minimum atomic E-state index is -0.571. The van der Waals surface area contributed by atoms with Crippen molar-refractivity contribution in [2.45, 2.75) is 27.2 Å². The lowest BCUT2D eigenvalue weighted by atomic mass is 10.1. The van der Waals surface area contributed by atoms with E-state index in [1.54, 1.807) is 12.1 Å². The fourth-order valence-corrected chi connectivity index (χ4v) is 2.68. The number of para-hydroxylation sites is 1. The number of benzene rings is 2. The highest BCUT2D eigenvalue weighted by Gasteiger charge is 2.12. The number of carbonyl (C=O) groups is 3. The van der Waals surface area contributed by atoms with E-state index in [2.05, 4.69) is 10.6 Å². The summed E-state index contributed by atoms with van der Waals surface area (Å²) in [7, 11) is 0. The zero-order valence-corrected chi connectivity index (χ0v) is 15.8. The van der Waals surface area contributed by atoms with Gasteiger partial charge in [-0.25, -0.2) is 4.79 Å². The van der Waals surface area contributed by atoms with E-state index < -0.39 is 18.5 Å². The molecule has 0 saturated heterocycles. The van der Waals surface area contributed by atoms with Crippen molar-refractivity contribution in [2.75, 3.05) is 18.5 Å². The highest BCUT2D eigenvalue weighted by Crippen LogP contribution is 2.15. The fourth-order valence-electron chi connectivity index (χ4n) is 2.68. The molecule has 0 saturated carbocycles. The minimum absolute atomic E-state index is 0.196. The normalized spacial score (nSPS) is 10.2. The zero-order valence-electron chi connectivity index (χ0n) is 15.8. The maximum atomic E-state index is 12.0. The number of anilines is 1. The van der Waals surface area contributed by atoms with Crippen molar-refractivity contribution in [1.29, 1.82) is 0 Å². The van der Waals surface area contributed by atoms with Gasteiger partial charge in [0.1, 0.15) is 0 Å². The summed E-state index contributed by atoms with van der Waals surface area (Å²) in [6.45, 7) is 5.12. The molecule has 0 fully saturated rings. The Balaban J connectivity index is 1.78. The van der Waals surface area contributed by atoms with Crippen LogP contribution in [0.2, 0.25) is 0 Å². The van der Waals surface area contributed by atoms with Crippen molar-refractivity contribution in [3.05, 3.63) is 64.7 Å². The first-order valence-electron chi connectivity index (χ1n) is 8.79. The van der Waals surface area contributed by atoms with Crippen LogP contribution < -0.4 is 10.6 Å². The first-order valence-corrected chi connectivity index (χ1v) is 8.79. The molecule has 2 amide bonds. The second kappa shape index (κ2) is 9.52. The summed E-state index contributed by atoms with van der Waals surface area (Å²) in [6, 6.07) is 12.8. The van der Waals surface area contributed by atoms with Crippen molar-refractivity contribution in [2.24, 2.45) is 0 Å². The third-order valence-corrected chi connectivity index (χ3v) is 3.91. The van der Waals surface area contributed by atoms with E-state index in [9.17, 15) is 14.4 Å². The van der Waals surface area contributed by atoms with Crippen molar-refractivity contribution >= 4 is 23.5 Å². The van der Waals surface area contributed by atoms with Crippen molar-refractivity contribution in [3.63, 3.8) is 0 Å². The molecule has 142 valence electrons. The van der Waals surface area contributed by atoms with Crippen LogP contribution in [0.5, 0.6) is 0 Å².